The van der Waals surface area contributed by atoms with Crippen LogP contribution < -0.4 is 4.74 Å². The predicted octanol–water partition coefficient (Wildman–Crippen LogP) is 3.79. The molecule has 1 N–H and O–H groups in total. The summed E-state index contributed by atoms with van der Waals surface area (Å²) in [6.07, 6.45) is 4.37. The first kappa shape index (κ1) is 17.8. The molecule has 1 aliphatic heterocycles. The predicted molar refractivity (Wildman–Crippen MR) is 106 cm³/mol. The number of aromatic hydroxyl groups is 1. The van der Waals surface area contributed by atoms with Crippen LogP contribution in [0.4, 0.5) is 0 Å². The van der Waals surface area contributed by atoms with E-state index in [0.717, 1.165) is 41.8 Å². The lowest BCUT2D eigenvalue weighted by Gasteiger charge is -2.50. The van der Waals surface area contributed by atoms with Crippen molar-refractivity contribution in [3.63, 3.8) is 0 Å². The van der Waals surface area contributed by atoms with Gasteiger partial charge >= 0.3 is 0 Å². The van der Waals surface area contributed by atoms with Crippen molar-refractivity contribution in [1.82, 2.24) is 4.90 Å². The number of nitrogens with zero attached hydrogens (tertiary/aromatic N) is 1. The van der Waals surface area contributed by atoms with E-state index in [1.165, 1.54) is 0 Å². The molecule has 1 heterocycles. The smallest absolute Gasteiger partial charge is 0.161 e. The Hall–Kier alpha value is -2.59. The summed E-state index contributed by atoms with van der Waals surface area (Å²) in [5.74, 6) is 1.28. The number of carbonyl (C=O) groups excluding carboxylic acids is 1. The van der Waals surface area contributed by atoms with Crippen LogP contribution in [-0.2, 0) is 10.2 Å². The molecule has 2 fully saturated rings. The summed E-state index contributed by atoms with van der Waals surface area (Å²) in [6, 6.07) is 15.3. The fourth-order valence-electron chi connectivity index (χ4n) is 4.53. The van der Waals surface area contributed by atoms with E-state index in [9.17, 15) is 9.90 Å². The van der Waals surface area contributed by atoms with Gasteiger partial charge in [0.2, 0.25) is 0 Å². The summed E-state index contributed by atoms with van der Waals surface area (Å²) in [6.45, 7) is 0.938. The number of ether oxygens (including phenoxy) is 1. The highest BCUT2D eigenvalue weighted by molar-refractivity contribution is 6.02. The molecule has 2 aromatic rings. The molecule has 2 aromatic carbocycles. The first-order valence-electron chi connectivity index (χ1n) is 9.39. The number of methoxy groups -OCH3 is 1. The van der Waals surface area contributed by atoms with Gasteiger partial charge in [-0.2, -0.15) is 0 Å². The quantitative estimate of drug-likeness (QED) is 0.843. The van der Waals surface area contributed by atoms with Crippen molar-refractivity contribution in [1.29, 1.82) is 0 Å². The van der Waals surface area contributed by atoms with Crippen LogP contribution in [0.2, 0.25) is 0 Å². The number of fused-ring (bicyclic) bond motifs is 2. The third-order valence-corrected chi connectivity index (χ3v) is 6.14. The summed E-state index contributed by atoms with van der Waals surface area (Å²) in [5, 5.41) is 9.93. The lowest BCUT2D eigenvalue weighted by atomic mass is 9.61. The van der Waals surface area contributed by atoms with Gasteiger partial charge in [-0.25, -0.2) is 0 Å². The second-order valence-corrected chi connectivity index (χ2v) is 7.75. The van der Waals surface area contributed by atoms with Gasteiger partial charge < -0.3 is 9.84 Å². The van der Waals surface area contributed by atoms with Crippen molar-refractivity contribution < 1.29 is 14.6 Å². The van der Waals surface area contributed by atoms with Gasteiger partial charge in [0.1, 0.15) is 11.5 Å². The van der Waals surface area contributed by atoms with E-state index in [4.69, 9.17) is 4.74 Å². The number of Topliss-reactive ketones (excluding diaryl/α,β-unsaturated/α-hetero) is 1. The molecule has 1 aliphatic carbocycles. The van der Waals surface area contributed by atoms with Crippen molar-refractivity contribution >= 4 is 11.9 Å². The lowest BCUT2D eigenvalue weighted by Crippen LogP contribution is -2.53. The van der Waals surface area contributed by atoms with E-state index in [-0.39, 0.29) is 23.0 Å². The zero-order valence-electron chi connectivity index (χ0n) is 15.8. The van der Waals surface area contributed by atoms with Crippen molar-refractivity contribution in [3.05, 3.63) is 65.2 Å². The van der Waals surface area contributed by atoms with Crippen molar-refractivity contribution in [3.8, 4) is 11.5 Å². The van der Waals surface area contributed by atoms with Crippen molar-refractivity contribution in [2.24, 2.45) is 0 Å². The monoisotopic (exact) mass is 363 g/mol. The number of ketones is 1. The van der Waals surface area contributed by atoms with Crippen molar-refractivity contribution in [2.75, 3.05) is 20.7 Å². The normalized spacial score (nSPS) is 27.0. The summed E-state index contributed by atoms with van der Waals surface area (Å²) < 4.78 is 5.22. The summed E-state index contributed by atoms with van der Waals surface area (Å²) in [7, 11) is 3.74. The zero-order valence-corrected chi connectivity index (χ0v) is 15.8. The molecule has 27 heavy (non-hydrogen) atoms. The molecule has 4 heteroatoms. The fraction of sp³-hybridized carbons (Fsp3) is 0.348. The van der Waals surface area contributed by atoms with E-state index in [1.54, 1.807) is 13.2 Å². The van der Waals surface area contributed by atoms with Crippen LogP contribution in [0.3, 0.4) is 0 Å². The molecule has 2 aliphatic rings. The molecule has 2 bridgehead atoms. The molecule has 4 rings (SSSR count). The fourth-order valence-corrected chi connectivity index (χ4v) is 4.53. The summed E-state index contributed by atoms with van der Waals surface area (Å²) in [4.78, 5) is 15.4. The maximum Gasteiger partial charge on any atom is 0.161 e. The molecule has 0 unspecified atom stereocenters. The third kappa shape index (κ3) is 3.26. The van der Waals surface area contributed by atoms with E-state index >= 15 is 0 Å². The van der Waals surface area contributed by atoms with Gasteiger partial charge in [-0.1, -0.05) is 24.3 Å². The van der Waals surface area contributed by atoms with Crippen LogP contribution in [0.25, 0.3) is 6.08 Å². The average Bonchev–Trinajstić information content (AvgIpc) is 2.68. The van der Waals surface area contributed by atoms with E-state index in [2.05, 4.69) is 11.9 Å². The largest absolute Gasteiger partial charge is 0.508 e. The molecule has 1 saturated carbocycles. The maximum atomic E-state index is 13.2. The number of phenols is 1. The number of phenolic OH excluding ortho intramolecular Hbond substituents is 1. The minimum atomic E-state index is -0.176. The number of likely N-dealkylation sites (N-methyl/N-ethyl adjacent to an activating group) is 1. The van der Waals surface area contributed by atoms with Crippen LogP contribution in [0, 0.1) is 0 Å². The average molecular weight is 363 g/mol. The second kappa shape index (κ2) is 6.86. The minimum absolute atomic E-state index is 0.101. The number of carbonyl (C=O) groups is 1. The standard InChI is InChI=1S/C23H25NO3/c1-24-11-10-23(17-4-3-5-18(25)13-17)14-21(24)20(22(26)15-23)12-16-6-8-19(27-2)9-7-16/h3-9,12-13,21,25H,10-11,14-15H2,1-2H3/b20-12+/t21-,23+/m1/s1. The molecule has 4 nitrogen and oxygen atoms in total. The highest BCUT2D eigenvalue weighted by atomic mass is 16.5. The Bertz CT molecular complexity index is 887. The summed E-state index contributed by atoms with van der Waals surface area (Å²) in [5.41, 5.74) is 2.81. The first-order valence-corrected chi connectivity index (χ1v) is 9.39. The van der Waals surface area contributed by atoms with Crippen LogP contribution in [-0.4, -0.2) is 42.5 Å². The number of rotatable bonds is 3. The Morgan fingerprint density at radius 2 is 2.00 bits per heavy atom. The van der Waals surface area contributed by atoms with Crippen LogP contribution in [0.1, 0.15) is 30.4 Å². The molecular weight excluding hydrogens is 338 g/mol. The van der Waals surface area contributed by atoms with Gasteiger partial charge in [0.05, 0.1) is 7.11 Å². The highest BCUT2D eigenvalue weighted by Crippen LogP contribution is 2.47. The van der Waals surface area contributed by atoms with E-state index in [0.29, 0.717) is 6.42 Å². The summed E-state index contributed by atoms with van der Waals surface area (Å²) >= 11 is 0. The van der Waals surface area contributed by atoms with Gasteiger partial charge in [0.15, 0.2) is 5.78 Å². The van der Waals surface area contributed by atoms with Crippen LogP contribution in [0.15, 0.2) is 54.1 Å². The van der Waals surface area contributed by atoms with Crippen molar-refractivity contribution in [2.45, 2.75) is 30.7 Å². The SMILES string of the molecule is COc1ccc(/C=C2/C(=O)C[C@]3(c4cccc(O)c4)CCN(C)[C@@H]2C3)cc1. The van der Waals surface area contributed by atoms with Gasteiger partial charge in [0.25, 0.3) is 0 Å². The van der Waals surface area contributed by atoms with Gasteiger partial charge in [-0.3, -0.25) is 9.69 Å². The zero-order chi connectivity index (χ0) is 19.0. The number of hydrogen-bond acceptors (Lipinski definition) is 4. The Kier molecular flexibility index (Phi) is 4.52. The highest BCUT2D eigenvalue weighted by Gasteiger charge is 2.48. The topological polar surface area (TPSA) is 49.8 Å². The van der Waals surface area contributed by atoms with Gasteiger partial charge in [-0.05, 0) is 67.9 Å². The number of benzene rings is 2. The molecule has 0 spiro atoms. The lowest BCUT2D eigenvalue weighted by molar-refractivity contribution is -0.120. The third-order valence-electron chi connectivity index (χ3n) is 6.14. The van der Waals surface area contributed by atoms with Crippen LogP contribution in [0.5, 0.6) is 11.5 Å². The minimum Gasteiger partial charge on any atom is -0.508 e. The maximum absolute atomic E-state index is 13.2. The molecular formula is C23H25NO3. The Labute approximate surface area is 160 Å². The van der Waals surface area contributed by atoms with Crippen LogP contribution >= 0.6 is 0 Å². The molecule has 0 radical (unpaired) electrons. The van der Waals surface area contributed by atoms with E-state index < -0.39 is 0 Å². The van der Waals surface area contributed by atoms with Gasteiger partial charge in [0, 0.05) is 23.5 Å². The Balaban J connectivity index is 1.69. The van der Waals surface area contributed by atoms with E-state index in [1.807, 2.05) is 48.5 Å². The Morgan fingerprint density at radius 1 is 1.22 bits per heavy atom. The number of likely N-dealkylation sites (tertiary alicyclic amines) is 1. The Morgan fingerprint density at radius 3 is 2.70 bits per heavy atom. The molecule has 0 aromatic heterocycles. The number of hydrogen-bond donors (Lipinski definition) is 1. The number of piperidine rings is 1. The molecule has 2 atom stereocenters. The second-order valence-electron chi connectivity index (χ2n) is 7.75. The molecule has 140 valence electrons. The first-order chi connectivity index (χ1) is 13.0. The molecule has 0 amide bonds. The molecule has 1 saturated heterocycles. The van der Waals surface area contributed by atoms with Gasteiger partial charge in [-0.15, -0.1) is 0 Å².